The number of anilines is 1. The van der Waals surface area contributed by atoms with E-state index < -0.39 is 0 Å². The zero-order valence-electron chi connectivity index (χ0n) is 12.5. The van der Waals surface area contributed by atoms with Crippen molar-refractivity contribution in [2.75, 3.05) is 31.3 Å². The van der Waals surface area contributed by atoms with Crippen LogP contribution in [0.3, 0.4) is 0 Å². The maximum Gasteiger partial charge on any atom is 0.209 e. The number of aromatic nitrogens is 4. The molecule has 0 amide bonds. The Bertz CT molecular complexity index is 528. The number of nitrogens with one attached hydrogen (secondary N) is 1. The van der Waals surface area contributed by atoms with E-state index in [9.17, 15) is 0 Å². The molecule has 0 aliphatic rings. The summed E-state index contributed by atoms with van der Waals surface area (Å²) in [4.78, 5) is 2.10. The molecule has 8 heteroatoms. The summed E-state index contributed by atoms with van der Waals surface area (Å²) in [5.41, 5.74) is 2.51. The van der Waals surface area contributed by atoms with Gasteiger partial charge in [0.25, 0.3) is 0 Å². The number of hydrogen-bond donors (Lipinski definition) is 1. The molecule has 1 aromatic heterocycles. The van der Waals surface area contributed by atoms with E-state index >= 15 is 0 Å². The fourth-order valence-electron chi connectivity index (χ4n) is 1.70. The van der Waals surface area contributed by atoms with Crippen molar-refractivity contribution >= 4 is 17.4 Å². The molecule has 0 spiro atoms. The third kappa shape index (κ3) is 5.53. The van der Waals surface area contributed by atoms with E-state index in [1.807, 2.05) is 21.1 Å². The molecule has 1 heterocycles. The van der Waals surface area contributed by atoms with Gasteiger partial charge < -0.3 is 22.6 Å². The van der Waals surface area contributed by atoms with E-state index in [1.165, 1.54) is 11.3 Å². The number of hydrogen-bond acceptors (Lipinski definition) is 6. The second-order valence-electron chi connectivity index (χ2n) is 4.67. The van der Waals surface area contributed by atoms with Crippen LogP contribution >= 0.6 is 11.8 Å². The molecule has 6 nitrogen and oxygen atoms in total. The predicted molar refractivity (Wildman–Crippen MR) is 82.0 cm³/mol. The lowest BCUT2D eigenvalue weighted by atomic mass is 10.2. The number of benzene rings is 1. The summed E-state index contributed by atoms with van der Waals surface area (Å²) in [6.07, 6.45) is 0. The van der Waals surface area contributed by atoms with Crippen LogP contribution < -0.4 is 22.6 Å². The number of rotatable bonds is 7. The smallest absolute Gasteiger partial charge is 0.209 e. The summed E-state index contributed by atoms with van der Waals surface area (Å²) in [7, 11) is 5.94. The van der Waals surface area contributed by atoms with Crippen molar-refractivity contribution in [2.24, 2.45) is 7.05 Å². The highest BCUT2D eigenvalue weighted by atomic mass is 35.5. The number of thioether (sulfide) groups is 1. The molecule has 0 fully saturated rings. The molecule has 116 valence electrons. The fourth-order valence-corrected chi connectivity index (χ4v) is 2.45. The Morgan fingerprint density at radius 1 is 1.24 bits per heavy atom. The Hall–Kier alpha value is -1.31. The SMILES string of the molecule is CN(C)c1ccc(CNCCSc2nnnn2C)cc1.[Cl-]. The van der Waals surface area contributed by atoms with E-state index in [-0.39, 0.29) is 12.4 Å². The Morgan fingerprint density at radius 2 is 1.95 bits per heavy atom. The second-order valence-corrected chi connectivity index (χ2v) is 5.73. The summed E-state index contributed by atoms with van der Waals surface area (Å²) < 4.78 is 1.69. The van der Waals surface area contributed by atoms with Gasteiger partial charge in [-0.15, -0.1) is 5.10 Å². The zero-order chi connectivity index (χ0) is 14.4. The second kappa shape index (κ2) is 8.86. The molecule has 0 atom stereocenters. The molecule has 0 aliphatic heterocycles. The standard InChI is InChI=1S/C13H20N6S.ClH/c1-18(2)12-6-4-11(5-7-12)10-14-8-9-20-13-15-16-17-19(13)3;/h4-7,14H,8-10H2,1-3H3;1H/p-1. The molecule has 2 rings (SSSR count). The number of aryl methyl sites for hydroxylation is 1. The molecule has 2 aromatic rings. The van der Waals surface area contributed by atoms with Crippen LogP contribution in [-0.4, -0.2) is 46.6 Å². The van der Waals surface area contributed by atoms with Crippen molar-refractivity contribution in [1.29, 1.82) is 0 Å². The average molecular weight is 328 g/mol. The van der Waals surface area contributed by atoms with Crippen molar-refractivity contribution in [1.82, 2.24) is 25.5 Å². The van der Waals surface area contributed by atoms with E-state index in [4.69, 9.17) is 0 Å². The highest BCUT2D eigenvalue weighted by Gasteiger charge is 2.01. The lowest BCUT2D eigenvalue weighted by Gasteiger charge is -2.12. The molecule has 1 aromatic carbocycles. The largest absolute Gasteiger partial charge is 1.00 e. The van der Waals surface area contributed by atoms with Gasteiger partial charge in [-0.2, -0.15) is 0 Å². The van der Waals surface area contributed by atoms with Crippen LogP contribution in [0.4, 0.5) is 5.69 Å². The number of tetrazole rings is 1. The monoisotopic (exact) mass is 327 g/mol. The van der Waals surface area contributed by atoms with Gasteiger partial charge in [-0.3, -0.25) is 0 Å². The van der Waals surface area contributed by atoms with E-state index in [0.717, 1.165) is 24.0 Å². The third-order valence-electron chi connectivity index (χ3n) is 2.87. The Morgan fingerprint density at radius 3 is 2.52 bits per heavy atom. The van der Waals surface area contributed by atoms with Gasteiger partial charge in [0.05, 0.1) is 0 Å². The molecule has 0 radical (unpaired) electrons. The summed E-state index contributed by atoms with van der Waals surface area (Å²) >= 11 is 1.65. The molecule has 21 heavy (non-hydrogen) atoms. The van der Waals surface area contributed by atoms with Crippen LogP contribution in [0.15, 0.2) is 29.4 Å². The van der Waals surface area contributed by atoms with Gasteiger partial charge in [-0.1, -0.05) is 23.9 Å². The maximum atomic E-state index is 3.93. The molecule has 0 saturated carbocycles. The van der Waals surface area contributed by atoms with Crippen LogP contribution in [0.2, 0.25) is 0 Å². The van der Waals surface area contributed by atoms with E-state index in [0.29, 0.717) is 0 Å². The van der Waals surface area contributed by atoms with Crippen molar-refractivity contribution in [2.45, 2.75) is 11.7 Å². The number of nitrogens with zero attached hydrogens (tertiary/aromatic N) is 5. The topological polar surface area (TPSA) is 58.9 Å². The molecule has 1 N–H and O–H groups in total. The van der Waals surface area contributed by atoms with Crippen molar-refractivity contribution in [3.8, 4) is 0 Å². The van der Waals surface area contributed by atoms with Crippen LogP contribution in [0.1, 0.15) is 5.56 Å². The van der Waals surface area contributed by atoms with Gasteiger partial charge in [0.15, 0.2) is 0 Å². The number of halogens is 1. The normalized spacial score (nSPS) is 10.2. The molecule has 0 bridgehead atoms. The third-order valence-corrected chi connectivity index (χ3v) is 3.89. The Kier molecular flexibility index (Phi) is 7.49. The minimum Gasteiger partial charge on any atom is -1.00 e. The molecular weight excluding hydrogens is 308 g/mol. The summed E-state index contributed by atoms with van der Waals surface area (Å²) in [5.74, 6) is 0.948. The molecule has 0 unspecified atom stereocenters. The molecular formula is C13H20ClN6S-. The summed E-state index contributed by atoms with van der Waals surface area (Å²) in [6, 6.07) is 8.58. The first-order valence-electron chi connectivity index (χ1n) is 6.49. The van der Waals surface area contributed by atoms with Crippen LogP contribution in [0.5, 0.6) is 0 Å². The van der Waals surface area contributed by atoms with Gasteiger partial charge in [0, 0.05) is 45.7 Å². The summed E-state index contributed by atoms with van der Waals surface area (Å²) in [5, 5.41) is 15.6. The highest BCUT2D eigenvalue weighted by Crippen LogP contribution is 2.13. The fraction of sp³-hybridized carbons (Fsp3) is 0.462. The highest BCUT2D eigenvalue weighted by molar-refractivity contribution is 7.99. The first-order valence-corrected chi connectivity index (χ1v) is 7.47. The van der Waals surface area contributed by atoms with Gasteiger partial charge in [-0.25, -0.2) is 4.68 Å². The predicted octanol–water partition coefficient (Wildman–Crippen LogP) is -1.84. The van der Waals surface area contributed by atoms with E-state index in [2.05, 4.69) is 50.0 Å². The van der Waals surface area contributed by atoms with Crippen LogP contribution in [0.25, 0.3) is 0 Å². The van der Waals surface area contributed by atoms with Gasteiger partial charge >= 0.3 is 0 Å². The van der Waals surface area contributed by atoms with E-state index in [1.54, 1.807) is 16.4 Å². The first-order chi connectivity index (χ1) is 9.66. The maximum absolute atomic E-state index is 3.93. The van der Waals surface area contributed by atoms with Crippen molar-refractivity contribution < 1.29 is 12.4 Å². The van der Waals surface area contributed by atoms with Gasteiger partial charge in [0.1, 0.15) is 0 Å². The average Bonchev–Trinajstić information content (AvgIpc) is 2.84. The Balaban J connectivity index is 0.00000220. The van der Waals surface area contributed by atoms with Crippen molar-refractivity contribution in [3.05, 3.63) is 29.8 Å². The quantitative estimate of drug-likeness (QED) is 0.476. The van der Waals surface area contributed by atoms with Crippen LogP contribution in [0, 0.1) is 0 Å². The first kappa shape index (κ1) is 17.7. The lowest BCUT2D eigenvalue weighted by Crippen LogP contribution is -3.00. The zero-order valence-corrected chi connectivity index (χ0v) is 14.0. The molecule has 0 aliphatic carbocycles. The minimum absolute atomic E-state index is 0. The van der Waals surface area contributed by atoms with Gasteiger partial charge in [-0.05, 0) is 28.1 Å². The molecule has 0 saturated heterocycles. The van der Waals surface area contributed by atoms with Crippen LogP contribution in [-0.2, 0) is 13.6 Å². The Labute approximate surface area is 135 Å². The van der Waals surface area contributed by atoms with Crippen molar-refractivity contribution in [3.63, 3.8) is 0 Å². The lowest BCUT2D eigenvalue weighted by molar-refractivity contribution is -0.00000442. The van der Waals surface area contributed by atoms with Gasteiger partial charge in [0.2, 0.25) is 5.16 Å². The summed E-state index contributed by atoms with van der Waals surface area (Å²) in [6.45, 7) is 1.80. The minimum atomic E-state index is 0.